The van der Waals surface area contributed by atoms with Crippen LogP contribution in [-0.4, -0.2) is 37.1 Å². The minimum Gasteiger partial charge on any atom is -0.317 e. The zero-order valence-corrected chi connectivity index (χ0v) is 8.05. The molecule has 1 fully saturated rings. The number of hydrogen-bond donors (Lipinski definition) is 1. The minimum atomic E-state index is 0.786. The van der Waals surface area contributed by atoms with Crippen molar-refractivity contribution in [2.24, 2.45) is 0 Å². The van der Waals surface area contributed by atoms with Crippen molar-refractivity contribution in [3.63, 3.8) is 0 Å². The van der Waals surface area contributed by atoms with E-state index in [0.29, 0.717) is 0 Å². The Labute approximate surface area is 75.6 Å². The zero-order chi connectivity index (χ0) is 8.81. The van der Waals surface area contributed by atoms with Gasteiger partial charge in [-0.1, -0.05) is 13.0 Å². The molecule has 1 aliphatic heterocycles. The van der Waals surface area contributed by atoms with Crippen LogP contribution in [0, 0.1) is 0 Å². The van der Waals surface area contributed by atoms with Crippen LogP contribution in [0.25, 0.3) is 0 Å². The second-order valence-electron chi connectivity index (χ2n) is 3.36. The molecular formula is C10H20N2. The van der Waals surface area contributed by atoms with Crippen LogP contribution in [0.5, 0.6) is 0 Å². The molecule has 1 saturated heterocycles. The van der Waals surface area contributed by atoms with Gasteiger partial charge in [-0.15, -0.1) is 6.58 Å². The van der Waals surface area contributed by atoms with Crippen LogP contribution in [0.15, 0.2) is 12.7 Å². The summed E-state index contributed by atoms with van der Waals surface area (Å²) in [4.78, 5) is 2.51. The van der Waals surface area contributed by atoms with E-state index < -0.39 is 0 Å². The quantitative estimate of drug-likeness (QED) is 0.635. The lowest BCUT2D eigenvalue weighted by Gasteiger charge is -2.32. The molecule has 2 nitrogen and oxygen atoms in total. The van der Waals surface area contributed by atoms with E-state index in [9.17, 15) is 0 Å². The molecule has 0 aromatic rings. The van der Waals surface area contributed by atoms with E-state index in [0.717, 1.165) is 19.1 Å². The number of hydrogen-bond acceptors (Lipinski definition) is 2. The molecule has 12 heavy (non-hydrogen) atoms. The average Bonchev–Trinajstić information content (AvgIpc) is 2.15. The van der Waals surface area contributed by atoms with E-state index >= 15 is 0 Å². The summed E-state index contributed by atoms with van der Waals surface area (Å²) in [7, 11) is 0. The highest BCUT2D eigenvalue weighted by Crippen LogP contribution is 2.10. The SMILES string of the molecule is C=CCN(CC)C1CCNCC1. The Morgan fingerprint density at radius 3 is 2.67 bits per heavy atom. The van der Waals surface area contributed by atoms with Crippen LogP contribution in [0.4, 0.5) is 0 Å². The van der Waals surface area contributed by atoms with Crippen molar-refractivity contribution in [1.29, 1.82) is 0 Å². The number of likely N-dealkylation sites (N-methyl/N-ethyl adjacent to an activating group) is 1. The molecular weight excluding hydrogens is 148 g/mol. The highest BCUT2D eigenvalue weighted by Gasteiger charge is 2.17. The molecule has 0 atom stereocenters. The molecule has 0 aromatic carbocycles. The Balaban J connectivity index is 2.34. The second kappa shape index (κ2) is 5.33. The minimum absolute atomic E-state index is 0.786. The highest BCUT2D eigenvalue weighted by atomic mass is 15.2. The van der Waals surface area contributed by atoms with Crippen LogP contribution in [0.3, 0.4) is 0 Å². The largest absolute Gasteiger partial charge is 0.317 e. The van der Waals surface area contributed by atoms with Crippen molar-refractivity contribution < 1.29 is 0 Å². The molecule has 0 aliphatic carbocycles. The molecule has 0 bridgehead atoms. The fourth-order valence-corrected chi connectivity index (χ4v) is 1.87. The van der Waals surface area contributed by atoms with Crippen molar-refractivity contribution >= 4 is 0 Å². The van der Waals surface area contributed by atoms with E-state index in [-0.39, 0.29) is 0 Å². The fraction of sp³-hybridized carbons (Fsp3) is 0.800. The summed E-state index contributed by atoms with van der Waals surface area (Å²) >= 11 is 0. The van der Waals surface area contributed by atoms with E-state index in [4.69, 9.17) is 0 Å². The molecule has 2 heteroatoms. The molecule has 1 heterocycles. The predicted molar refractivity (Wildman–Crippen MR) is 53.3 cm³/mol. The van der Waals surface area contributed by atoms with Gasteiger partial charge in [0.05, 0.1) is 0 Å². The van der Waals surface area contributed by atoms with E-state index in [1.165, 1.54) is 25.9 Å². The first-order valence-electron chi connectivity index (χ1n) is 4.94. The lowest BCUT2D eigenvalue weighted by Crippen LogP contribution is -2.43. The molecule has 70 valence electrons. The van der Waals surface area contributed by atoms with Gasteiger partial charge in [-0.2, -0.15) is 0 Å². The molecule has 0 spiro atoms. The monoisotopic (exact) mass is 168 g/mol. The van der Waals surface area contributed by atoms with Gasteiger partial charge in [-0.05, 0) is 32.5 Å². The average molecular weight is 168 g/mol. The lowest BCUT2D eigenvalue weighted by molar-refractivity contribution is 0.188. The fourth-order valence-electron chi connectivity index (χ4n) is 1.87. The van der Waals surface area contributed by atoms with Gasteiger partial charge < -0.3 is 5.32 Å². The maximum absolute atomic E-state index is 3.79. The first kappa shape index (κ1) is 9.75. The van der Waals surface area contributed by atoms with E-state index in [2.05, 4.69) is 23.7 Å². The summed E-state index contributed by atoms with van der Waals surface area (Å²) in [6.45, 7) is 10.6. The van der Waals surface area contributed by atoms with Gasteiger partial charge in [0.25, 0.3) is 0 Å². The van der Waals surface area contributed by atoms with Gasteiger partial charge >= 0.3 is 0 Å². The van der Waals surface area contributed by atoms with Crippen molar-refractivity contribution in [2.75, 3.05) is 26.2 Å². The normalized spacial score (nSPS) is 19.8. The lowest BCUT2D eigenvalue weighted by atomic mass is 10.1. The van der Waals surface area contributed by atoms with Crippen molar-refractivity contribution in [3.05, 3.63) is 12.7 Å². The van der Waals surface area contributed by atoms with Crippen LogP contribution in [0.2, 0.25) is 0 Å². The van der Waals surface area contributed by atoms with Crippen molar-refractivity contribution in [3.8, 4) is 0 Å². The third kappa shape index (κ3) is 2.61. The Morgan fingerprint density at radius 1 is 1.50 bits per heavy atom. The summed E-state index contributed by atoms with van der Waals surface area (Å²) in [5, 5.41) is 3.38. The van der Waals surface area contributed by atoms with Crippen LogP contribution in [-0.2, 0) is 0 Å². The molecule has 0 radical (unpaired) electrons. The number of rotatable bonds is 4. The van der Waals surface area contributed by atoms with Crippen LogP contribution >= 0.6 is 0 Å². The third-order valence-corrected chi connectivity index (χ3v) is 2.59. The number of nitrogens with one attached hydrogen (secondary N) is 1. The maximum atomic E-state index is 3.79. The Kier molecular flexibility index (Phi) is 4.33. The standard InChI is InChI=1S/C10H20N2/c1-3-9-12(4-2)10-5-7-11-8-6-10/h3,10-11H,1,4-9H2,2H3. The molecule has 0 saturated carbocycles. The van der Waals surface area contributed by atoms with E-state index in [1.54, 1.807) is 0 Å². The maximum Gasteiger partial charge on any atom is 0.0163 e. The first-order chi connectivity index (χ1) is 5.88. The summed E-state index contributed by atoms with van der Waals surface area (Å²) in [5.41, 5.74) is 0. The number of nitrogens with zero attached hydrogens (tertiary/aromatic N) is 1. The molecule has 1 N–H and O–H groups in total. The summed E-state index contributed by atoms with van der Waals surface area (Å²) in [6, 6.07) is 0.786. The molecule has 0 amide bonds. The molecule has 1 rings (SSSR count). The second-order valence-corrected chi connectivity index (χ2v) is 3.36. The predicted octanol–water partition coefficient (Wildman–Crippen LogP) is 1.25. The van der Waals surface area contributed by atoms with Crippen LogP contribution in [0.1, 0.15) is 19.8 Å². The Bertz CT molecular complexity index is 128. The van der Waals surface area contributed by atoms with Crippen molar-refractivity contribution in [1.82, 2.24) is 10.2 Å². The topological polar surface area (TPSA) is 15.3 Å². The van der Waals surface area contributed by atoms with Gasteiger partial charge in [-0.3, -0.25) is 4.90 Å². The zero-order valence-electron chi connectivity index (χ0n) is 8.05. The Hall–Kier alpha value is -0.340. The van der Waals surface area contributed by atoms with Gasteiger partial charge in [0, 0.05) is 12.6 Å². The summed E-state index contributed by atoms with van der Waals surface area (Å²) in [6.07, 6.45) is 4.59. The van der Waals surface area contributed by atoms with Gasteiger partial charge in [0.15, 0.2) is 0 Å². The van der Waals surface area contributed by atoms with Crippen LogP contribution < -0.4 is 5.32 Å². The van der Waals surface area contributed by atoms with Gasteiger partial charge in [0.2, 0.25) is 0 Å². The molecule has 0 unspecified atom stereocenters. The third-order valence-electron chi connectivity index (χ3n) is 2.59. The van der Waals surface area contributed by atoms with Gasteiger partial charge in [0.1, 0.15) is 0 Å². The molecule has 1 aliphatic rings. The number of piperidine rings is 1. The smallest absolute Gasteiger partial charge is 0.0163 e. The summed E-state index contributed by atoms with van der Waals surface area (Å²) in [5.74, 6) is 0. The van der Waals surface area contributed by atoms with Crippen molar-refractivity contribution in [2.45, 2.75) is 25.8 Å². The van der Waals surface area contributed by atoms with Gasteiger partial charge in [-0.25, -0.2) is 0 Å². The van der Waals surface area contributed by atoms with E-state index in [1.807, 2.05) is 6.08 Å². The summed E-state index contributed by atoms with van der Waals surface area (Å²) < 4.78 is 0. The Morgan fingerprint density at radius 2 is 2.17 bits per heavy atom. The molecule has 0 aromatic heterocycles. The first-order valence-corrected chi connectivity index (χ1v) is 4.94. The highest BCUT2D eigenvalue weighted by molar-refractivity contribution is 4.81.